The number of piperazine rings is 1. The van der Waals surface area contributed by atoms with E-state index < -0.39 is 10.0 Å². The van der Waals surface area contributed by atoms with Crippen LogP contribution in [0, 0.1) is 13.8 Å². The van der Waals surface area contributed by atoms with Gasteiger partial charge in [-0.15, -0.1) is 0 Å². The Morgan fingerprint density at radius 2 is 1.79 bits per heavy atom. The molecule has 1 aliphatic rings. The number of likely N-dealkylation sites (N-methyl/N-ethyl adjacent to an activating group) is 1. The molecule has 34 heavy (non-hydrogen) atoms. The lowest BCUT2D eigenvalue weighted by Gasteiger charge is -2.34. The first-order valence-corrected chi connectivity index (χ1v) is 12.9. The van der Waals surface area contributed by atoms with E-state index in [1.165, 1.54) is 4.31 Å². The minimum atomic E-state index is -3.61. The standard InChI is InChI=1S/C24H34N4O5S/c1-18-7-8-19(2)22(16-18)34(31,32)28-13-11-27(12-14-28)24(30)10-9-23(29)25-17-20(26(3)4)21-6-5-15-33-21/h5-8,15-16,20H,9-14,17H2,1-4H3,(H,25,29). The predicted molar refractivity (Wildman–Crippen MR) is 129 cm³/mol. The van der Waals surface area contributed by atoms with Crippen LogP contribution in [0.5, 0.6) is 0 Å². The average Bonchev–Trinajstić information content (AvgIpc) is 3.33. The zero-order valence-electron chi connectivity index (χ0n) is 20.3. The summed E-state index contributed by atoms with van der Waals surface area (Å²) in [5.41, 5.74) is 1.59. The van der Waals surface area contributed by atoms with E-state index >= 15 is 0 Å². The monoisotopic (exact) mass is 490 g/mol. The van der Waals surface area contributed by atoms with E-state index in [1.807, 2.05) is 44.1 Å². The van der Waals surface area contributed by atoms with Crippen LogP contribution >= 0.6 is 0 Å². The molecular formula is C24H34N4O5S. The molecule has 0 aliphatic carbocycles. The number of benzene rings is 1. The molecule has 1 saturated heterocycles. The molecule has 0 saturated carbocycles. The van der Waals surface area contributed by atoms with Gasteiger partial charge in [0.05, 0.1) is 17.2 Å². The van der Waals surface area contributed by atoms with E-state index in [9.17, 15) is 18.0 Å². The third-order valence-electron chi connectivity index (χ3n) is 6.11. The van der Waals surface area contributed by atoms with Crippen LogP contribution in [0.3, 0.4) is 0 Å². The largest absolute Gasteiger partial charge is 0.468 e. The molecule has 1 unspecified atom stereocenters. The summed E-state index contributed by atoms with van der Waals surface area (Å²) < 4.78 is 33.0. The number of nitrogens with one attached hydrogen (secondary N) is 1. The molecule has 10 heteroatoms. The predicted octanol–water partition coefficient (Wildman–Crippen LogP) is 1.93. The number of amides is 2. The van der Waals surface area contributed by atoms with Crippen molar-refractivity contribution in [1.29, 1.82) is 0 Å². The van der Waals surface area contributed by atoms with Gasteiger partial charge in [0.2, 0.25) is 21.8 Å². The SMILES string of the molecule is Cc1ccc(C)c(S(=O)(=O)N2CCN(C(=O)CCC(=O)NCC(c3ccco3)N(C)C)CC2)c1. The fourth-order valence-corrected chi connectivity index (χ4v) is 5.73. The van der Waals surface area contributed by atoms with E-state index in [0.717, 1.165) is 11.3 Å². The Morgan fingerprint density at radius 3 is 2.41 bits per heavy atom. The molecule has 9 nitrogen and oxygen atoms in total. The lowest BCUT2D eigenvalue weighted by molar-refractivity contribution is -0.134. The van der Waals surface area contributed by atoms with Crippen molar-refractivity contribution in [2.45, 2.75) is 37.6 Å². The number of furan rings is 1. The summed E-state index contributed by atoms with van der Waals surface area (Å²) in [7, 11) is 0.200. The van der Waals surface area contributed by atoms with E-state index in [2.05, 4.69) is 5.32 Å². The van der Waals surface area contributed by atoms with E-state index in [-0.39, 0.29) is 43.8 Å². The summed E-state index contributed by atoms with van der Waals surface area (Å²) in [4.78, 5) is 28.8. The van der Waals surface area contributed by atoms with Crippen molar-refractivity contribution in [1.82, 2.24) is 19.4 Å². The van der Waals surface area contributed by atoms with Crippen LogP contribution in [0.25, 0.3) is 0 Å². The molecule has 1 aliphatic heterocycles. The van der Waals surface area contributed by atoms with Gasteiger partial charge in [0.15, 0.2) is 0 Å². The van der Waals surface area contributed by atoms with Gasteiger partial charge in [-0.05, 0) is 57.3 Å². The molecule has 0 spiro atoms. The van der Waals surface area contributed by atoms with E-state index in [1.54, 1.807) is 30.2 Å². The first-order valence-electron chi connectivity index (χ1n) is 11.4. The van der Waals surface area contributed by atoms with Crippen molar-refractivity contribution in [2.75, 3.05) is 46.8 Å². The highest BCUT2D eigenvalue weighted by Crippen LogP contribution is 2.23. The van der Waals surface area contributed by atoms with Crippen LogP contribution in [0.15, 0.2) is 45.9 Å². The maximum atomic E-state index is 13.1. The summed E-state index contributed by atoms with van der Waals surface area (Å²) in [5.74, 6) is 0.409. The number of carbonyl (C=O) groups is 2. The number of carbonyl (C=O) groups excluding carboxylic acids is 2. The Hall–Kier alpha value is -2.69. The van der Waals surface area contributed by atoms with Crippen LogP contribution in [0.4, 0.5) is 0 Å². The maximum Gasteiger partial charge on any atom is 0.243 e. The van der Waals surface area contributed by atoms with Crippen LogP contribution in [-0.4, -0.2) is 81.2 Å². The minimum absolute atomic E-state index is 0.0815. The summed E-state index contributed by atoms with van der Waals surface area (Å²) >= 11 is 0. The normalized spacial score (nSPS) is 16.0. The van der Waals surface area contributed by atoms with Gasteiger partial charge in [-0.3, -0.25) is 14.5 Å². The molecular weight excluding hydrogens is 456 g/mol. The van der Waals surface area contributed by atoms with Crippen molar-refractivity contribution < 1.29 is 22.4 Å². The van der Waals surface area contributed by atoms with Gasteiger partial charge in [-0.1, -0.05) is 12.1 Å². The van der Waals surface area contributed by atoms with Gasteiger partial charge in [0.25, 0.3) is 0 Å². The molecule has 1 fully saturated rings. The van der Waals surface area contributed by atoms with Crippen molar-refractivity contribution in [3.05, 3.63) is 53.5 Å². The van der Waals surface area contributed by atoms with Crippen molar-refractivity contribution in [3.63, 3.8) is 0 Å². The molecule has 2 amide bonds. The molecule has 1 aromatic heterocycles. The maximum absolute atomic E-state index is 13.1. The molecule has 1 N–H and O–H groups in total. The number of sulfonamides is 1. The third-order valence-corrected chi connectivity index (χ3v) is 8.15. The Kier molecular flexibility index (Phi) is 8.51. The minimum Gasteiger partial charge on any atom is -0.468 e. The molecule has 3 rings (SSSR count). The van der Waals surface area contributed by atoms with Crippen molar-refractivity contribution >= 4 is 21.8 Å². The number of rotatable bonds is 9. The molecule has 2 heterocycles. The smallest absolute Gasteiger partial charge is 0.243 e. The summed E-state index contributed by atoms with van der Waals surface area (Å²) in [6, 6.07) is 8.95. The quantitative estimate of drug-likeness (QED) is 0.576. The van der Waals surface area contributed by atoms with E-state index in [0.29, 0.717) is 30.1 Å². The van der Waals surface area contributed by atoms with Gasteiger partial charge in [0, 0.05) is 45.6 Å². The second kappa shape index (κ2) is 11.2. The average molecular weight is 491 g/mol. The van der Waals surface area contributed by atoms with E-state index in [4.69, 9.17) is 4.42 Å². The molecule has 186 valence electrons. The zero-order chi connectivity index (χ0) is 24.9. The first kappa shape index (κ1) is 25.9. The molecule has 0 bridgehead atoms. The highest BCUT2D eigenvalue weighted by molar-refractivity contribution is 7.89. The highest BCUT2D eigenvalue weighted by Gasteiger charge is 2.31. The second-order valence-electron chi connectivity index (χ2n) is 8.85. The Labute approximate surface area is 201 Å². The van der Waals surface area contributed by atoms with Crippen molar-refractivity contribution in [2.24, 2.45) is 0 Å². The number of hydrogen-bond acceptors (Lipinski definition) is 6. The summed E-state index contributed by atoms with van der Waals surface area (Å²) in [6.45, 7) is 5.12. The lowest BCUT2D eigenvalue weighted by atomic mass is 10.2. The summed E-state index contributed by atoms with van der Waals surface area (Å²) in [6.07, 6.45) is 1.76. The Balaban J connectivity index is 1.46. The summed E-state index contributed by atoms with van der Waals surface area (Å²) in [5, 5.41) is 2.87. The van der Waals surface area contributed by atoms with Gasteiger partial charge in [-0.25, -0.2) is 8.42 Å². The Bertz CT molecular complexity index is 1090. The van der Waals surface area contributed by atoms with Crippen molar-refractivity contribution in [3.8, 4) is 0 Å². The molecule has 2 aromatic rings. The van der Waals surface area contributed by atoms with Gasteiger partial charge < -0.3 is 14.6 Å². The fourth-order valence-electron chi connectivity index (χ4n) is 4.00. The number of nitrogens with zero attached hydrogens (tertiary/aromatic N) is 3. The molecule has 0 radical (unpaired) electrons. The third kappa shape index (κ3) is 6.25. The first-order chi connectivity index (χ1) is 16.1. The fraction of sp³-hybridized carbons (Fsp3) is 0.500. The van der Waals surface area contributed by atoms with Gasteiger partial charge in [-0.2, -0.15) is 4.31 Å². The van der Waals surface area contributed by atoms with Crippen LogP contribution in [-0.2, 0) is 19.6 Å². The van der Waals surface area contributed by atoms with Crippen LogP contribution < -0.4 is 5.32 Å². The van der Waals surface area contributed by atoms with Crippen LogP contribution in [0.2, 0.25) is 0 Å². The van der Waals surface area contributed by atoms with Gasteiger partial charge >= 0.3 is 0 Å². The second-order valence-corrected chi connectivity index (χ2v) is 10.8. The Morgan fingerprint density at radius 1 is 1.09 bits per heavy atom. The topological polar surface area (TPSA) is 103 Å². The molecule has 1 atom stereocenters. The lowest BCUT2D eigenvalue weighted by Crippen LogP contribution is -2.50. The highest BCUT2D eigenvalue weighted by atomic mass is 32.2. The van der Waals surface area contributed by atoms with Crippen LogP contribution in [0.1, 0.15) is 35.8 Å². The number of hydrogen-bond donors (Lipinski definition) is 1. The number of aryl methyl sites for hydroxylation is 2. The zero-order valence-corrected chi connectivity index (χ0v) is 21.1. The van der Waals surface area contributed by atoms with Gasteiger partial charge in [0.1, 0.15) is 5.76 Å². The molecule has 1 aromatic carbocycles.